The lowest BCUT2D eigenvalue weighted by atomic mass is 10.1. The molecule has 0 aliphatic carbocycles. The van der Waals surface area contributed by atoms with Gasteiger partial charge in [-0.25, -0.2) is 4.98 Å². The molecule has 3 aromatic rings. The molecule has 1 fully saturated rings. The highest BCUT2D eigenvalue weighted by molar-refractivity contribution is 5.97. The van der Waals surface area contributed by atoms with Gasteiger partial charge < -0.3 is 40.7 Å². The Morgan fingerprint density at radius 1 is 1.10 bits per heavy atom. The van der Waals surface area contributed by atoms with Crippen molar-refractivity contribution in [3.63, 3.8) is 0 Å². The summed E-state index contributed by atoms with van der Waals surface area (Å²) in [5.74, 6) is 1.93. The van der Waals surface area contributed by atoms with E-state index >= 15 is 0 Å². The van der Waals surface area contributed by atoms with E-state index in [1.165, 1.54) is 0 Å². The number of rotatable bonds is 6. The summed E-state index contributed by atoms with van der Waals surface area (Å²) in [5, 5.41) is 0. The smallest absolute Gasteiger partial charge is 1.00 e. The largest absolute Gasteiger partial charge is 1.00 e. The average molecular weight is 462 g/mol. The van der Waals surface area contributed by atoms with Crippen molar-refractivity contribution in [2.45, 2.75) is 6.54 Å². The van der Waals surface area contributed by atoms with Gasteiger partial charge in [0.2, 0.25) is 5.95 Å². The minimum absolute atomic E-state index is 0. The zero-order chi connectivity index (χ0) is 19.5. The Balaban J connectivity index is 0.00000160. The molecule has 154 valence electrons. The lowest BCUT2D eigenvalue weighted by Gasteiger charge is -2.28. The molecule has 0 atom stereocenters. The monoisotopic (exact) mass is 461 g/mol. The Labute approximate surface area is 181 Å². The van der Waals surface area contributed by atoms with Crippen LogP contribution in [0.1, 0.15) is 11.8 Å². The SMILES string of the molecule is COc1ccc(C(=O)Cn2c(N3CCOCC3)nc3ccccc32)cc1OC.[Br-].[H+]. The van der Waals surface area contributed by atoms with E-state index in [4.69, 9.17) is 19.2 Å². The number of aromatic nitrogens is 2. The summed E-state index contributed by atoms with van der Waals surface area (Å²) >= 11 is 0. The zero-order valence-electron chi connectivity index (χ0n) is 17.4. The Kier molecular flexibility index (Phi) is 6.76. The van der Waals surface area contributed by atoms with Gasteiger partial charge in [0.1, 0.15) is 0 Å². The maximum atomic E-state index is 13.1. The number of nitrogens with zero attached hydrogens (tertiary/aromatic N) is 3. The predicted octanol–water partition coefficient (Wildman–Crippen LogP) is -0.110. The molecule has 2 heterocycles. The number of ketones is 1. The van der Waals surface area contributed by atoms with Crippen molar-refractivity contribution in [1.82, 2.24) is 9.55 Å². The van der Waals surface area contributed by atoms with Gasteiger partial charge in [0.25, 0.3) is 0 Å². The maximum Gasteiger partial charge on any atom is 1.00 e. The normalized spacial score (nSPS) is 13.8. The van der Waals surface area contributed by atoms with Crippen LogP contribution >= 0.6 is 0 Å². The van der Waals surface area contributed by atoms with Crippen molar-refractivity contribution >= 4 is 22.8 Å². The summed E-state index contributed by atoms with van der Waals surface area (Å²) in [6, 6.07) is 13.1. The third-order valence-corrected chi connectivity index (χ3v) is 4.94. The third kappa shape index (κ3) is 4.23. The molecule has 1 aliphatic rings. The molecule has 0 amide bonds. The molecule has 0 spiro atoms. The molecule has 2 aromatic carbocycles. The number of methoxy groups -OCH3 is 2. The minimum Gasteiger partial charge on any atom is -1.00 e. The van der Waals surface area contributed by atoms with E-state index in [0.717, 1.165) is 30.1 Å². The quantitative estimate of drug-likeness (QED) is 0.477. The molecular formula is C21H24BrN3O4. The number of hydrogen-bond donors (Lipinski definition) is 0. The van der Waals surface area contributed by atoms with Crippen LogP contribution in [0.5, 0.6) is 11.5 Å². The first-order chi connectivity index (χ1) is 13.7. The standard InChI is InChI=1S/C21H23N3O4.BrH/c1-26-19-8-7-15(13-20(19)27-2)18(25)14-24-17-6-4-3-5-16(17)22-21(24)23-9-11-28-12-10-23;/h3-8,13H,9-12,14H2,1-2H3;1H. The summed E-state index contributed by atoms with van der Waals surface area (Å²) in [7, 11) is 3.14. The van der Waals surface area contributed by atoms with Crippen LogP contribution in [0.4, 0.5) is 5.95 Å². The zero-order valence-corrected chi connectivity index (χ0v) is 18.0. The molecule has 1 saturated heterocycles. The molecule has 4 rings (SSSR count). The summed E-state index contributed by atoms with van der Waals surface area (Å²) in [6.45, 7) is 3.03. The Hall–Kier alpha value is -2.58. The van der Waals surface area contributed by atoms with Crippen molar-refractivity contribution in [2.24, 2.45) is 0 Å². The number of hydrogen-bond acceptors (Lipinski definition) is 6. The summed E-state index contributed by atoms with van der Waals surface area (Å²) in [6.07, 6.45) is 0. The van der Waals surface area contributed by atoms with Gasteiger partial charge in [0.15, 0.2) is 17.3 Å². The van der Waals surface area contributed by atoms with Gasteiger partial charge >= 0.3 is 1.43 Å². The van der Waals surface area contributed by atoms with Gasteiger partial charge in [-0.2, -0.15) is 0 Å². The number of benzene rings is 2. The number of Topliss-reactive ketones (excluding diaryl/α,β-unsaturated/α-hetero) is 1. The average Bonchev–Trinajstić information content (AvgIpc) is 3.12. The highest BCUT2D eigenvalue weighted by atomic mass is 79.9. The summed E-state index contributed by atoms with van der Waals surface area (Å²) in [5.41, 5.74) is 2.39. The number of anilines is 1. The summed E-state index contributed by atoms with van der Waals surface area (Å²) < 4.78 is 18.0. The second-order valence-corrected chi connectivity index (χ2v) is 6.58. The molecular weight excluding hydrogens is 438 g/mol. The fourth-order valence-corrected chi connectivity index (χ4v) is 3.47. The van der Waals surface area contributed by atoms with Crippen molar-refractivity contribution in [2.75, 3.05) is 45.4 Å². The van der Waals surface area contributed by atoms with Gasteiger partial charge in [0.05, 0.1) is 45.0 Å². The molecule has 1 aromatic heterocycles. The van der Waals surface area contributed by atoms with Gasteiger partial charge in [0, 0.05) is 18.7 Å². The fraction of sp³-hybridized carbons (Fsp3) is 0.333. The van der Waals surface area contributed by atoms with Crippen molar-refractivity contribution in [3.8, 4) is 11.5 Å². The lowest BCUT2D eigenvalue weighted by molar-refractivity contribution is -0.0000148. The van der Waals surface area contributed by atoms with E-state index < -0.39 is 0 Å². The molecule has 29 heavy (non-hydrogen) atoms. The van der Waals surface area contributed by atoms with Crippen molar-refractivity contribution in [1.29, 1.82) is 0 Å². The van der Waals surface area contributed by atoms with Crippen LogP contribution in [0, 0.1) is 0 Å². The third-order valence-electron chi connectivity index (χ3n) is 4.94. The van der Waals surface area contributed by atoms with Crippen LogP contribution < -0.4 is 31.4 Å². The number of para-hydroxylation sites is 2. The van der Waals surface area contributed by atoms with E-state index in [-0.39, 0.29) is 30.7 Å². The minimum atomic E-state index is -0.0152. The fourth-order valence-electron chi connectivity index (χ4n) is 3.47. The van der Waals surface area contributed by atoms with E-state index in [9.17, 15) is 4.79 Å². The van der Waals surface area contributed by atoms with E-state index in [1.54, 1.807) is 32.4 Å². The number of carbonyl (C=O) groups excluding carboxylic acids is 1. The number of morpholine rings is 1. The first kappa shape index (κ1) is 21.1. The first-order valence-electron chi connectivity index (χ1n) is 9.24. The van der Waals surface area contributed by atoms with Crippen LogP contribution in [0.15, 0.2) is 42.5 Å². The van der Waals surface area contributed by atoms with Crippen molar-refractivity contribution in [3.05, 3.63) is 48.0 Å². The predicted molar refractivity (Wildman–Crippen MR) is 108 cm³/mol. The number of carbonyl (C=O) groups is 1. The molecule has 0 N–H and O–H groups in total. The number of ether oxygens (including phenoxy) is 3. The summed E-state index contributed by atoms with van der Waals surface area (Å²) in [4.78, 5) is 20.0. The van der Waals surface area contributed by atoms with Crippen LogP contribution in [-0.4, -0.2) is 55.9 Å². The second-order valence-electron chi connectivity index (χ2n) is 6.58. The highest BCUT2D eigenvalue weighted by Crippen LogP contribution is 2.29. The first-order valence-corrected chi connectivity index (χ1v) is 9.24. The molecule has 8 heteroatoms. The maximum absolute atomic E-state index is 13.1. The van der Waals surface area contributed by atoms with E-state index in [0.29, 0.717) is 30.3 Å². The van der Waals surface area contributed by atoms with Gasteiger partial charge in [-0.3, -0.25) is 4.79 Å². The Bertz CT molecular complexity index is 1010. The molecule has 0 radical (unpaired) electrons. The van der Waals surface area contributed by atoms with Crippen molar-refractivity contribution < 1.29 is 37.4 Å². The highest BCUT2D eigenvalue weighted by Gasteiger charge is 2.21. The van der Waals surface area contributed by atoms with Gasteiger partial charge in [-0.05, 0) is 30.3 Å². The molecule has 0 saturated carbocycles. The Morgan fingerprint density at radius 3 is 2.55 bits per heavy atom. The topological polar surface area (TPSA) is 65.8 Å². The van der Waals surface area contributed by atoms with Gasteiger partial charge in [-0.15, -0.1) is 0 Å². The molecule has 0 unspecified atom stereocenters. The van der Waals surface area contributed by atoms with Crippen LogP contribution in [0.25, 0.3) is 11.0 Å². The molecule has 1 aliphatic heterocycles. The van der Waals surface area contributed by atoms with Crippen LogP contribution in [0.3, 0.4) is 0 Å². The second kappa shape index (κ2) is 9.28. The lowest BCUT2D eigenvalue weighted by Crippen LogP contribution is -3.00. The number of fused-ring (bicyclic) bond motifs is 1. The van der Waals surface area contributed by atoms with E-state index in [2.05, 4.69) is 4.90 Å². The van der Waals surface area contributed by atoms with Crippen LogP contribution in [0.2, 0.25) is 0 Å². The molecule has 7 nitrogen and oxygen atoms in total. The molecule has 0 bridgehead atoms. The number of imidazole rings is 1. The van der Waals surface area contributed by atoms with Gasteiger partial charge in [-0.1, -0.05) is 12.1 Å². The van der Waals surface area contributed by atoms with Crippen LogP contribution in [-0.2, 0) is 11.3 Å². The number of halogens is 1. The van der Waals surface area contributed by atoms with E-state index in [1.807, 2.05) is 28.8 Å². The Morgan fingerprint density at radius 2 is 1.83 bits per heavy atom.